The molecular weight excluding hydrogens is 232 g/mol. The molecule has 0 bridgehead atoms. The van der Waals surface area contributed by atoms with E-state index in [2.05, 4.69) is 41.1 Å². The Labute approximate surface area is 118 Å². The number of likely N-dealkylation sites (N-methyl/N-ethyl adjacent to an activating group) is 1. The summed E-state index contributed by atoms with van der Waals surface area (Å²) < 4.78 is 0. The number of nitrogens with zero attached hydrogens (tertiary/aromatic N) is 2. The number of benzene rings is 1. The van der Waals surface area contributed by atoms with Crippen molar-refractivity contribution in [2.75, 3.05) is 26.7 Å². The monoisotopic (exact) mass is 260 g/mol. The normalized spacial score (nSPS) is 24.3. The van der Waals surface area contributed by atoms with Crippen molar-refractivity contribution in [3.05, 3.63) is 35.4 Å². The van der Waals surface area contributed by atoms with Gasteiger partial charge in [-0.05, 0) is 44.0 Å². The predicted octanol–water partition coefficient (Wildman–Crippen LogP) is 3.17. The number of piperidine rings is 1. The van der Waals surface area contributed by atoms with Gasteiger partial charge in [-0.15, -0.1) is 0 Å². The zero-order valence-corrected chi connectivity index (χ0v) is 12.7. The van der Waals surface area contributed by atoms with Gasteiger partial charge in [0.15, 0.2) is 0 Å². The molecule has 0 aromatic heterocycles. The van der Waals surface area contributed by atoms with Crippen molar-refractivity contribution in [3.8, 4) is 0 Å². The summed E-state index contributed by atoms with van der Waals surface area (Å²) >= 11 is 0. The van der Waals surface area contributed by atoms with Crippen molar-refractivity contribution in [3.63, 3.8) is 0 Å². The molecule has 3 rings (SSSR count). The zero-order valence-electron chi connectivity index (χ0n) is 12.7. The Morgan fingerprint density at radius 1 is 1.05 bits per heavy atom. The maximum atomic E-state index is 2.69. The average Bonchev–Trinajstić information content (AvgIpc) is 2.49. The predicted molar refractivity (Wildman–Crippen MR) is 82.4 cm³/mol. The molecule has 106 valence electrons. The molecule has 1 saturated heterocycles. The Hall–Kier alpha value is -0.860. The molecule has 19 heavy (non-hydrogen) atoms. The number of rotatable bonds is 1. The maximum Gasteiger partial charge on any atom is 0.0240 e. The molecule has 0 amide bonds. The van der Waals surface area contributed by atoms with Crippen LogP contribution in [0.25, 0.3) is 0 Å². The van der Waals surface area contributed by atoms with E-state index in [1.54, 1.807) is 11.1 Å². The van der Waals surface area contributed by atoms with Gasteiger partial charge in [0.2, 0.25) is 0 Å². The molecule has 2 heteroatoms. The van der Waals surface area contributed by atoms with Crippen molar-refractivity contribution < 1.29 is 0 Å². The van der Waals surface area contributed by atoms with Gasteiger partial charge in [0, 0.05) is 25.7 Å². The van der Waals surface area contributed by atoms with Crippen LogP contribution in [-0.2, 0) is 13.0 Å². The highest BCUT2D eigenvalue weighted by molar-refractivity contribution is 5.29. The molecule has 1 unspecified atom stereocenters. The Morgan fingerprint density at radius 2 is 1.79 bits per heavy atom. The Balaban J connectivity index is 0.000000637. The van der Waals surface area contributed by atoms with Crippen LogP contribution in [-0.4, -0.2) is 42.5 Å². The maximum absolute atomic E-state index is 2.69. The first-order chi connectivity index (χ1) is 9.33. The number of fused-ring (bicyclic) bond motifs is 1. The first kappa shape index (κ1) is 14.5. The first-order valence-corrected chi connectivity index (χ1v) is 7.82. The topological polar surface area (TPSA) is 6.48 Å². The number of hydrogen-bond donors (Lipinski definition) is 0. The van der Waals surface area contributed by atoms with Crippen LogP contribution in [0.3, 0.4) is 0 Å². The highest BCUT2D eigenvalue weighted by Gasteiger charge is 2.26. The van der Waals surface area contributed by atoms with Crippen LogP contribution < -0.4 is 0 Å². The Kier molecular flexibility index (Phi) is 5.41. The lowest BCUT2D eigenvalue weighted by molar-refractivity contribution is 0.101. The van der Waals surface area contributed by atoms with Crippen LogP contribution in [0.1, 0.15) is 37.8 Å². The second-order valence-electron chi connectivity index (χ2n) is 5.55. The van der Waals surface area contributed by atoms with Gasteiger partial charge in [-0.25, -0.2) is 0 Å². The minimum absolute atomic E-state index is 0.780. The Bertz CT molecular complexity index is 389. The summed E-state index contributed by atoms with van der Waals surface area (Å²) in [5.41, 5.74) is 3.11. The summed E-state index contributed by atoms with van der Waals surface area (Å²) in [5, 5.41) is 0. The van der Waals surface area contributed by atoms with Crippen molar-refractivity contribution >= 4 is 0 Å². The van der Waals surface area contributed by atoms with Gasteiger partial charge in [-0.1, -0.05) is 38.1 Å². The van der Waals surface area contributed by atoms with Crippen LogP contribution in [0.2, 0.25) is 0 Å². The highest BCUT2D eigenvalue weighted by Crippen LogP contribution is 2.23. The van der Waals surface area contributed by atoms with Crippen molar-refractivity contribution in [2.45, 2.75) is 45.7 Å². The fraction of sp³-hybridized carbons (Fsp3) is 0.647. The van der Waals surface area contributed by atoms with E-state index in [9.17, 15) is 0 Å². The molecule has 2 aliphatic rings. The van der Waals surface area contributed by atoms with Crippen LogP contribution in [0.5, 0.6) is 0 Å². The van der Waals surface area contributed by atoms with Gasteiger partial charge in [-0.3, -0.25) is 4.90 Å². The lowest BCUT2D eigenvalue weighted by Gasteiger charge is -2.40. The molecule has 0 aliphatic carbocycles. The van der Waals surface area contributed by atoms with Crippen molar-refractivity contribution in [2.24, 2.45) is 0 Å². The molecule has 2 aliphatic heterocycles. The molecule has 0 spiro atoms. The van der Waals surface area contributed by atoms with Gasteiger partial charge in [-0.2, -0.15) is 0 Å². The largest absolute Gasteiger partial charge is 0.305 e. The van der Waals surface area contributed by atoms with E-state index in [0.29, 0.717) is 0 Å². The first-order valence-electron chi connectivity index (χ1n) is 7.82. The molecule has 2 nitrogen and oxygen atoms in total. The van der Waals surface area contributed by atoms with Crippen LogP contribution in [0.4, 0.5) is 0 Å². The molecule has 0 radical (unpaired) electrons. The lowest BCUT2D eigenvalue weighted by atomic mass is 9.96. The molecule has 1 aromatic carbocycles. The van der Waals surface area contributed by atoms with Crippen molar-refractivity contribution in [1.29, 1.82) is 0 Å². The summed E-state index contributed by atoms with van der Waals surface area (Å²) in [4.78, 5) is 5.17. The van der Waals surface area contributed by atoms with E-state index in [4.69, 9.17) is 0 Å². The summed E-state index contributed by atoms with van der Waals surface area (Å²) in [6.07, 6.45) is 3.97. The number of likely N-dealkylation sites (tertiary alicyclic amines) is 1. The summed E-state index contributed by atoms with van der Waals surface area (Å²) in [6, 6.07) is 9.72. The van der Waals surface area contributed by atoms with E-state index in [1.165, 1.54) is 38.9 Å². The second-order valence-corrected chi connectivity index (χ2v) is 5.55. The summed E-state index contributed by atoms with van der Waals surface area (Å²) in [5.74, 6) is 0. The van der Waals surface area contributed by atoms with Crippen LogP contribution in [0.15, 0.2) is 24.3 Å². The molecule has 0 saturated carbocycles. The smallest absolute Gasteiger partial charge is 0.0240 e. The third kappa shape index (κ3) is 3.58. The van der Waals surface area contributed by atoms with E-state index in [0.717, 1.165) is 12.6 Å². The van der Waals surface area contributed by atoms with E-state index in [1.807, 2.05) is 13.8 Å². The molecule has 1 aromatic rings. The van der Waals surface area contributed by atoms with E-state index >= 15 is 0 Å². The zero-order chi connectivity index (χ0) is 13.7. The van der Waals surface area contributed by atoms with Gasteiger partial charge >= 0.3 is 0 Å². The van der Waals surface area contributed by atoms with Gasteiger partial charge < -0.3 is 4.90 Å². The Morgan fingerprint density at radius 3 is 2.53 bits per heavy atom. The molecule has 2 heterocycles. The minimum Gasteiger partial charge on any atom is -0.305 e. The molecule has 1 fully saturated rings. The van der Waals surface area contributed by atoms with Crippen LogP contribution >= 0.6 is 0 Å². The quantitative estimate of drug-likeness (QED) is 0.765. The molecular formula is C17H28N2. The van der Waals surface area contributed by atoms with Gasteiger partial charge in [0.25, 0.3) is 0 Å². The van der Waals surface area contributed by atoms with Gasteiger partial charge in [0.05, 0.1) is 0 Å². The summed E-state index contributed by atoms with van der Waals surface area (Å²) in [6.45, 7) is 8.94. The number of hydrogen-bond acceptors (Lipinski definition) is 2. The average molecular weight is 260 g/mol. The van der Waals surface area contributed by atoms with Crippen molar-refractivity contribution in [1.82, 2.24) is 9.80 Å². The minimum atomic E-state index is 0.780. The fourth-order valence-corrected chi connectivity index (χ4v) is 3.27. The fourth-order valence-electron chi connectivity index (χ4n) is 3.27. The molecule has 0 N–H and O–H groups in total. The second kappa shape index (κ2) is 7.06. The van der Waals surface area contributed by atoms with Crippen LogP contribution in [0, 0.1) is 0 Å². The summed E-state index contributed by atoms with van der Waals surface area (Å²) in [7, 11) is 2.25. The standard InChI is InChI=1S/C15H22N2.C2H6/c1-16-9-4-7-15(12-16)17-10-8-13-5-2-3-6-14(13)11-17;1-2/h2-3,5-6,15H,4,7-12H2,1H3;1-2H3. The van der Waals surface area contributed by atoms with Gasteiger partial charge in [0.1, 0.15) is 0 Å². The van der Waals surface area contributed by atoms with E-state index < -0.39 is 0 Å². The highest BCUT2D eigenvalue weighted by atomic mass is 15.2. The SMILES string of the molecule is CC.CN1CCCC(N2CCc3ccccc3C2)C1. The third-order valence-electron chi connectivity index (χ3n) is 4.28. The third-order valence-corrected chi connectivity index (χ3v) is 4.28. The lowest BCUT2D eigenvalue weighted by Crippen LogP contribution is -2.48. The molecule has 1 atom stereocenters. The van der Waals surface area contributed by atoms with E-state index in [-0.39, 0.29) is 0 Å².